The molecule has 0 bridgehead atoms. The molecule has 1 heterocycles. The second-order valence-electron chi connectivity index (χ2n) is 1.64. The third kappa shape index (κ3) is 2.42. The summed E-state index contributed by atoms with van der Waals surface area (Å²) in [6, 6.07) is 0. The van der Waals surface area contributed by atoms with Crippen molar-refractivity contribution in [3.05, 3.63) is 0 Å². The van der Waals surface area contributed by atoms with Gasteiger partial charge in [0.15, 0.2) is 0 Å². The highest BCUT2D eigenvalue weighted by Crippen LogP contribution is 1.90. The maximum atomic E-state index is 4.72. The average molecular weight is 131 g/mol. The quantitative estimate of drug-likeness (QED) is 0.366. The van der Waals surface area contributed by atoms with Gasteiger partial charge >= 0.3 is 9.92 Å². The molecule has 0 amide bonds. The van der Waals surface area contributed by atoms with Gasteiger partial charge in [0.1, 0.15) is 0 Å². The van der Waals surface area contributed by atoms with Crippen LogP contribution >= 0.6 is 0 Å². The molecule has 0 spiro atoms. The van der Waals surface area contributed by atoms with Gasteiger partial charge in [-0.05, 0) is 19.4 Å². The predicted molar refractivity (Wildman–Crippen MR) is 30.0 cm³/mol. The monoisotopic (exact) mass is 131 g/mol. The highest BCUT2D eigenvalue weighted by Gasteiger charge is 1.97. The summed E-state index contributed by atoms with van der Waals surface area (Å²) in [7, 11) is 0.318. The second-order valence-corrected chi connectivity index (χ2v) is 2.37. The molecule has 0 atom stereocenters. The van der Waals surface area contributed by atoms with Crippen molar-refractivity contribution in [2.24, 2.45) is 0 Å². The molecule has 3 nitrogen and oxygen atoms in total. The molecule has 0 aromatic heterocycles. The van der Waals surface area contributed by atoms with Gasteiger partial charge in [-0.15, -0.1) is 0 Å². The molecule has 0 aromatic carbocycles. The lowest BCUT2D eigenvalue weighted by atomic mass is 10.3. The third-order valence-corrected chi connectivity index (χ3v) is 1.55. The van der Waals surface area contributed by atoms with Gasteiger partial charge in [0, 0.05) is 0 Å². The van der Waals surface area contributed by atoms with E-state index >= 15 is 0 Å². The molecule has 1 aliphatic heterocycles. The van der Waals surface area contributed by atoms with Gasteiger partial charge in [-0.3, -0.25) is 4.58 Å². The lowest BCUT2D eigenvalue weighted by Gasteiger charge is -2.07. The van der Waals surface area contributed by atoms with E-state index in [2.05, 4.69) is 4.98 Å². The van der Waals surface area contributed by atoms with E-state index in [0.717, 1.165) is 19.6 Å². The summed E-state index contributed by atoms with van der Waals surface area (Å²) in [5.41, 5.74) is 0. The fraction of sp³-hybridized carbons (Fsp3) is 1.00. The Kier molecular flexibility index (Phi) is 3.13. The van der Waals surface area contributed by atoms with Crippen LogP contribution in [0.3, 0.4) is 0 Å². The van der Waals surface area contributed by atoms with E-state index in [4.69, 9.17) is 9.46 Å². The molecule has 1 aliphatic rings. The molecule has 1 N–H and O–H groups in total. The maximum Gasteiger partial charge on any atom is 0.384 e. The fourth-order valence-corrected chi connectivity index (χ4v) is 1.01. The molecular weight excluding hydrogens is 122 g/mol. The van der Waals surface area contributed by atoms with Crippen molar-refractivity contribution in [2.75, 3.05) is 13.2 Å². The average Bonchev–Trinajstić information content (AvgIpc) is 1.62. The van der Waals surface area contributed by atoms with Crippen LogP contribution in [0.15, 0.2) is 0 Å². The van der Waals surface area contributed by atoms with E-state index in [1.54, 1.807) is 0 Å². The molecule has 0 aliphatic carbocycles. The van der Waals surface area contributed by atoms with Gasteiger partial charge in [-0.2, -0.15) is 0 Å². The summed E-state index contributed by atoms with van der Waals surface area (Å²) in [5.74, 6) is 0. The van der Waals surface area contributed by atoms with Crippen LogP contribution in [0.25, 0.3) is 0 Å². The van der Waals surface area contributed by atoms with E-state index in [1.165, 1.54) is 6.42 Å². The lowest BCUT2D eigenvalue weighted by molar-refractivity contribution is -0.212. The topological polar surface area (TPSA) is 30.5 Å². The maximum absolute atomic E-state index is 4.72. The molecule has 46 valence electrons. The standard InChI is InChI=1S/C4H9NO2Si/c1-2-4-6-7-8-5-3-1/h5H,1-4H2. The van der Waals surface area contributed by atoms with Crippen molar-refractivity contribution < 1.29 is 9.46 Å². The van der Waals surface area contributed by atoms with Crippen LogP contribution in [0, 0.1) is 0 Å². The van der Waals surface area contributed by atoms with Gasteiger partial charge in [-0.1, -0.05) is 0 Å². The summed E-state index contributed by atoms with van der Waals surface area (Å²) in [5, 5.41) is 0. The smallest absolute Gasteiger partial charge is 0.313 e. The van der Waals surface area contributed by atoms with Crippen molar-refractivity contribution in [1.29, 1.82) is 0 Å². The van der Waals surface area contributed by atoms with Gasteiger partial charge in [0.05, 0.1) is 6.61 Å². The van der Waals surface area contributed by atoms with Crippen molar-refractivity contribution in [2.45, 2.75) is 12.8 Å². The van der Waals surface area contributed by atoms with Crippen molar-refractivity contribution in [1.82, 2.24) is 4.98 Å². The minimum atomic E-state index is 0.318. The Morgan fingerprint density at radius 1 is 1.38 bits per heavy atom. The molecular formula is C4H9NO2Si. The highest BCUT2D eigenvalue weighted by molar-refractivity contribution is 6.23. The molecule has 2 radical (unpaired) electrons. The second kappa shape index (κ2) is 4.02. The van der Waals surface area contributed by atoms with Crippen LogP contribution in [-0.4, -0.2) is 23.1 Å². The summed E-state index contributed by atoms with van der Waals surface area (Å²) in [6.07, 6.45) is 2.29. The van der Waals surface area contributed by atoms with Crippen LogP contribution in [0.2, 0.25) is 0 Å². The first kappa shape index (κ1) is 6.22. The molecule has 4 heteroatoms. The number of nitrogens with one attached hydrogen (secondary N) is 1. The van der Waals surface area contributed by atoms with Crippen LogP contribution in [0.4, 0.5) is 0 Å². The Balaban J connectivity index is 2.00. The minimum absolute atomic E-state index is 0.318. The van der Waals surface area contributed by atoms with E-state index in [9.17, 15) is 0 Å². The summed E-state index contributed by atoms with van der Waals surface area (Å²) >= 11 is 0. The first-order valence-corrected chi connectivity index (χ1v) is 3.67. The molecule has 0 aromatic rings. The normalized spacial score (nSPS) is 24.0. The zero-order chi connectivity index (χ0) is 5.66. The van der Waals surface area contributed by atoms with Gasteiger partial charge in [0.25, 0.3) is 0 Å². The van der Waals surface area contributed by atoms with E-state index < -0.39 is 0 Å². The lowest BCUT2D eigenvalue weighted by Crippen LogP contribution is -2.26. The predicted octanol–water partition coefficient (Wildman–Crippen LogP) is -0.148. The van der Waals surface area contributed by atoms with Crippen LogP contribution in [0.5, 0.6) is 0 Å². The Hall–Kier alpha value is 0.0969. The number of rotatable bonds is 0. The molecule has 1 saturated heterocycles. The molecule has 0 unspecified atom stereocenters. The van der Waals surface area contributed by atoms with E-state index in [0.29, 0.717) is 9.92 Å². The SMILES string of the molecule is C1CCOO[Si]NC1. The largest absolute Gasteiger partial charge is 0.384 e. The summed E-state index contributed by atoms with van der Waals surface area (Å²) < 4.78 is 4.69. The Bertz CT molecular complexity index is 38.0. The Labute approximate surface area is 51.3 Å². The molecule has 1 rings (SSSR count). The fourth-order valence-electron chi connectivity index (χ4n) is 0.526. The van der Waals surface area contributed by atoms with E-state index in [-0.39, 0.29) is 0 Å². The number of hydrogen-bond acceptors (Lipinski definition) is 3. The van der Waals surface area contributed by atoms with Gasteiger partial charge < -0.3 is 4.98 Å². The van der Waals surface area contributed by atoms with Crippen molar-refractivity contribution in [3.8, 4) is 0 Å². The first-order valence-electron chi connectivity index (χ1n) is 2.76. The summed E-state index contributed by atoms with van der Waals surface area (Å²) in [4.78, 5) is 7.79. The minimum Gasteiger partial charge on any atom is -0.313 e. The molecule has 8 heavy (non-hydrogen) atoms. The Morgan fingerprint density at radius 3 is 3.38 bits per heavy atom. The zero-order valence-corrected chi connectivity index (χ0v) is 5.64. The molecule has 1 fully saturated rings. The summed E-state index contributed by atoms with van der Waals surface area (Å²) in [6.45, 7) is 1.80. The highest BCUT2D eigenvalue weighted by atomic mass is 28.2. The van der Waals surface area contributed by atoms with Crippen LogP contribution in [0.1, 0.15) is 12.8 Å². The van der Waals surface area contributed by atoms with Crippen molar-refractivity contribution >= 4 is 9.92 Å². The van der Waals surface area contributed by atoms with E-state index in [1.807, 2.05) is 0 Å². The van der Waals surface area contributed by atoms with Crippen molar-refractivity contribution in [3.63, 3.8) is 0 Å². The van der Waals surface area contributed by atoms with Crippen LogP contribution in [-0.2, 0) is 9.46 Å². The van der Waals surface area contributed by atoms with Crippen LogP contribution < -0.4 is 4.98 Å². The molecule has 0 saturated carbocycles. The third-order valence-electron chi connectivity index (χ3n) is 0.952. The first-order chi connectivity index (χ1) is 4.00. The van der Waals surface area contributed by atoms with Gasteiger partial charge in [0.2, 0.25) is 0 Å². The number of hydrogen-bond donors (Lipinski definition) is 1. The van der Waals surface area contributed by atoms with Gasteiger partial charge in [-0.25, -0.2) is 4.89 Å². The zero-order valence-electron chi connectivity index (χ0n) is 4.64. The Morgan fingerprint density at radius 2 is 2.38 bits per heavy atom.